The Kier molecular flexibility index (Phi) is 7.22. The fourth-order valence-electron chi connectivity index (χ4n) is 4.40. The summed E-state index contributed by atoms with van der Waals surface area (Å²) in [4.78, 5) is 35.2. The van der Waals surface area contributed by atoms with Crippen molar-refractivity contribution >= 4 is 30.8 Å². The second kappa shape index (κ2) is 10.3. The first-order valence-corrected chi connectivity index (χ1v) is 13.7. The van der Waals surface area contributed by atoms with Crippen LogP contribution in [0.4, 0.5) is 5.95 Å². The lowest BCUT2D eigenvalue weighted by Crippen LogP contribution is -2.46. The van der Waals surface area contributed by atoms with Crippen molar-refractivity contribution in [2.45, 2.75) is 57.0 Å². The van der Waals surface area contributed by atoms with Gasteiger partial charge in [0.15, 0.2) is 17.4 Å². The minimum atomic E-state index is -4.23. The van der Waals surface area contributed by atoms with E-state index in [1.54, 1.807) is 44.2 Å². The van der Waals surface area contributed by atoms with Gasteiger partial charge in [-0.2, -0.15) is 10.1 Å². The fraction of sp³-hybridized carbons (Fsp3) is 0.478. The molecule has 2 aliphatic rings. The van der Waals surface area contributed by atoms with E-state index in [9.17, 15) is 19.3 Å². The molecule has 0 aliphatic carbocycles. The molecule has 5 N–H and O–H groups in total. The SMILES string of the molecule is CC(C)OC(=O)[C@H](C)NP(=O)(OCC12CO[C@@H]([C@H](n3cnc4c(=O)[nH]c(N)nc43)O1)[C@@H]2O)Oc1ccccc1. The molecule has 3 aromatic rings. The summed E-state index contributed by atoms with van der Waals surface area (Å²) in [6.45, 7) is 4.32. The second-order valence-corrected chi connectivity index (χ2v) is 11.3. The molecule has 6 atom stereocenters. The van der Waals surface area contributed by atoms with Gasteiger partial charge in [-0.05, 0) is 32.9 Å². The number of hydrogen-bond donors (Lipinski definition) is 4. The maximum absolute atomic E-state index is 13.9. The number of aromatic amines is 1. The number of benzene rings is 1. The maximum atomic E-state index is 13.9. The van der Waals surface area contributed by atoms with Crippen LogP contribution < -0.4 is 20.9 Å². The van der Waals surface area contributed by atoms with Gasteiger partial charge in [0.1, 0.15) is 29.6 Å². The quantitative estimate of drug-likeness (QED) is 0.200. The van der Waals surface area contributed by atoms with Crippen molar-refractivity contribution < 1.29 is 37.7 Å². The van der Waals surface area contributed by atoms with E-state index in [-0.39, 0.29) is 35.6 Å². The Hall–Kier alpha value is -3.33. The Labute approximate surface area is 222 Å². The first-order chi connectivity index (χ1) is 18.5. The van der Waals surface area contributed by atoms with E-state index in [0.717, 1.165) is 0 Å². The lowest BCUT2D eigenvalue weighted by Gasteiger charge is -2.32. The van der Waals surface area contributed by atoms with Gasteiger partial charge in [0.05, 0.1) is 25.6 Å². The van der Waals surface area contributed by atoms with Crippen molar-refractivity contribution in [2.75, 3.05) is 18.9 Å². The van der Waals surface area contributed by atoms with E-state index in [0.29, 0.717) is 0 Å². The van der Waals surface area contributed by atoms with Gasteiger partial charge < -0.3 is 29.6 Å². The van der Waals surface area contributed by atoms with Gasteiger partial charge in [-0.3, -0.25) is 23.7 Å². The molecule has 2 saturated heterocycles. The predicted molar refractivity (Wildman–Crippen MR) is 136 cm³/mol. The van der Waals surface area contributed by atoms with Gasteiger partial charge in [-0.25, -0.2) is 9.55 Å². The summed E-state index contributed by atoms with van der Waals surface area (Å²) in [6.07, 6.45) is -2.10. The molecule has 16 heteroatoms. The molecule has 2 unspecified atom stereocenters. The molecular formula is C23H29N6O9P. The van der Waals surface area contributed by atoms with Gasteiger partial charge in [-0.15, -0.1) is 0 Å². The van der Waals surface area contributed by atoms with E-state index < -0.39 is 56.0 Å². The number of esters is 1. The minimum absolute atomic E-state index is 0.0302. The summed E-state index contributed by atoms with van der Waals surface area (Å²) in [5, 5.41) is 13.7. The van der Waals surface area contributed by atoms with Crippen molar-refractivity contribution in [3.63, 3.8) is 0 Å². The van der Waals surface area contributed by atoms with Gasteiger partial charge in [-0.1, -0.05) is 18.2 Å². The molecule has 2 aromatic heterocycles. The largest absolute Gasteiger partial charge is 0.462 e. The normalized spacial score (nSPS) is 26.5. The van der Waals surface area contributed by atoms with Crippen LogP contribution in [0.2, 0.25) is 0 Å². The highest BCUT2D eigenvalue weighted by Crippen LogP contribution is 2.50. The van der Waals surface area contributed by atoms with Gasteiger partial charge in [0, 0.05) is 0 Å². The number of nitrogens with zero attached hydrogens (tertiary/aromatic N) is 3. The number of carbonyl (C=O) groups is 1. The number of fused-ring (bicyclic) bond motifs is 3. The number of nitrogens with one attached hydrogen (secondary N) is 2. The summed E-state index contributed by atoms with van der Waals surface area (Å²) >= 11 is 0. The van der Waals surface area contributed by atoms with Crippen LogP contribution in [-0.2, 0) is 28.1 Å². The summed E-state index contributed by atoms with van der Waals surface area (Å²) in [5.41, 5.74) is 3.87. The molecule has 15 nitrogen and oxygen atoms in total. The topological polar surface area (TPSA) is 202 Å². The molecule has 4 heterocycles. The number of rotatable bonds is 10. The van der Waals surface area contributed by atoms with Crippen LogP contribution >= 0.6 is 7.75 Å². The molecule has 210 valence electrons. The number of hydrogen-bond acceptors (Lipinski definition) is 12. The van der Waals surface area contributed by atoms with Gasteiger partial charge >= 0.3 is 13.7 Å². The maximum Gasteiger partial charge on any atom is 0.459 e. The smallest absolute Gasteiger partial charge is 0.459 e. The summed E-state index contributed by atoms with van der Waals surface area (Å²) < 4.78 is 43.9. The molecule has 2 bridgehead atoms. The summed E-state index contributed by atoms with van der Waals surface area (Å²) in [7, 11) is -4.23. The highest BCUT2D eigenvalue weighted by atomic mass is 31.2. The molecule has 0 amide bonds. The first kappa shape index (κ1) is 27.2. The molecule has 1 aromatic carbocycles. The van der Waals surface area contributed by atoms with Gasteiger partial charge in [0.2, 0.25) is 5.95 Å². The minimum Gasteiger partial charge on any atom is -0.462 e. The molecule has 2 fully saturated rings. The zero-order chi connectivity index (χ0) is 27.9. The number of aromatic nitrogens is 4. The number of nitrogens with two attached hydrogens (primary N) is 1. The third kappa shape index (κ3) is 5.29. The Bertz CT molecular complexity index is 1460. The van der Waals surface area contributed by atoms with Crippen LogP contribution in [0, 0.1) is 0 Å². The van der Waals surface area contributed by atoms with Crippen molar-refractivity contribution in [2.24, 2.45) is 0 Å². The number of imidazole rings is 1. The number of ether oxygens (including phenoxy) is 3. The zero-order valence-electron chi connectivity index (χ0n) is 21.3. The van der Waals surface area contributed by atoms with Crippen molar-refractivity contribution in [1.29, 1.82) is 0 Å². The average molecular weight is 564 g/mol. The Balaban J connectivity index is 1.38. The van der Waals surface area contributed by atoms with E-state index in [1.165, 1.54) is 17.8 Å². The van der Waals surface area contributed by atoms with Crippen LogP contribution in [0.25, 0.3) is 11.2 Å². The number of carbonyl (C=O) groups excluding carboxylic acids is 1. The van der Waals surface area contributed by atoms with Crippen LogP contribution in [0.5, 0.6) is 5.75 Å². The molecule has 39 heavy (non-hydrogen) atoms. The monoisotopic (exact) mass is 564 g/mol. The number of para-hydroxylation sites is 1. The average Bonchev–Trinajstić information content (AvgIpc) is 3.52. The van der Waals surface area contributed by atoms with Crippen LogP contribution in [-0.4, -0.2) is 73.8 Å². The van der Waals surface area contributed by atoms with E-state index in [2.05, 4.69) is 20.0 Å². The highest BCUT2D eigenvalue weighted by Gasteiger charge is 2.63. The lowest BCUT2D eigenvalue weighted by molar-refractivity contribution is -0.183. The number of nitrogen functional groups attached to an aromatic ring is 1. The van der Waals surface area contributed by atoms with Crippen LogP contribution in [0.1, 0.15) is 27.0 Å². The van der Waals surface area contributed by atoms with E-state index in [1.807, 2.05) is 0 Å². The number of anilines is 1. The second-order valence-electron chi connectivity index (χ2n) is 9.58. The zero-order valence-corrected chi connectivity index (χ0v) is 22.2. The summed E-state index contributed by atoms with van der Waals surface area (Å²) in [5.74, 6) is -0.550. The predicted octanol–water partition coefficient (Wildman–Crippen LogP) is 0.863. The van der Waals surface area contributed by atoms with E-state index >= 15 is 0 Å². The Morgan fingerprint density at radius 1 is 1.36 bits per heavy atom. The number of aliphatic hydroxyl groups is 1. The Morgan fingerprint density at radius 2 is 2.10 bits per heavy atom. The fourth-order valence-corrected chi connectivity index (χ4v) is 5.94. The molecule has 0 saturated carbocycles. The lowest BCUT2D eigenvalue weighted by atomic mass is 10.0. The Morgan fingerprint density at radius 3 is 2.82 bits per heavy atom. The first-order valence-electron chi connectivity index (χ1n) is 12.2. The number of H-pyrrole nitrogens is 1. The molecule has 2 aliphatic heterocycles. The molecular weight excluding hydrogens is 535 g/mol. The van der Waals surface area contributed by atoms with Crippen LogP contribution in [0.3, 0.4) is 0 Å². The van der Waals surface area contributed by atoms with Crippen molar-refractivity contribution in [3.8, 4) is 5.75 Å². The van der Waals surface area contributed by atoms with Gasteiger partial charge in [0.25, 0.3) is 5.56 Å². The highest BCUT2D eigenvalue weighted by molar-refractivity contribution is 7.52. The van der Waals surface area contributed by atoms with E-state index in [4.69, 9.17) is 29.0 Å². The van der Waals surface area contributed by atoms with Crippen LogP contribution in [0.15, 0.2) is 41.5 Å². The molecule has 5 rings (SSSR count). The van der Waals surface area contributed by atoms with Crippen molar-refractivity contribution in [1.82, 2.24) is 24.6 Å². The summed E-state index contributed by atoms with van der Waals surface area (Å²) in [6, 6.07) is 7.20. The third-order valence-corrected chi connectivity index (χ3v) is 7.86. The standard InChI is InChI=1S/C23H29N6O9P/c1-12(2)36-21(32)13(3)28-39(33,38-14-7-5-4-6-8-14)35-10-23-9-34-16(17(23)30)20(37-23)29-11-25-15-18(29)26-22(24)27-19(15)31/h4-8,11-13,16-17,20,30H,9-10H2,1-3H3,(H,28,33)(H3,24,26,27,31)/t13-,16+,17-,20+,23?,39?/m0/s1. The molecule has 0 radical (unpaired) electrons. The molecule has 0 spiro atoms. The number of aliphatic hydroxyl groups excluding tert-OH is 1. The van der Waals surface area contributed by atoms with Crippen molar-refractivity contribution in [3.05, 3.63) is 47.0 Å². The third-order valence-electron chi connectivity index (χ3n) is 6.24.